The number of hydrogen-bond acceptors (Lipinski definition) is 1. The second-order valence-corrected chi connectivity index (χ2v) is 3.40. The minimum absolute atomic E-state index is 0.114. The molecule has 1 radical (unpaired) electrons. The summed E-state index contributed by atoms with van der Waals surface area (Å²) in [7, 11) is 0. The highest BCUT2D eigenvalue weighted by atomic mass is 16.1. The number of nitrogens with one attached hydrogen (secondary N) is 1. The van der Waals surface area contributed by atoms with Gasteiger partial charge in [-0.2, -0.15) is 0 Å². The van der Waals surface area contributed by atoms with Crippen molar-refractivity contribution in [2.24, 2.45) is 0 Å². The molecule has 1 amide bonds. The van der Waals surface area contributed by atoms with Crippen LogP contribution >= 0.6 is 0 Å². The third-order valence-corrected chi connectivity index (χ3v) is 2.37. The maximum absolute atomic E-state index is 11.8. The maximum atomic E-state index is 11.8. The third-order valence-electron chi connectivity index (χ3n) is 2.37. The van der Waals surface area contributed by atoms with Crippen molar-refractivity contribution in [3.63, 3.8) is 0 Å². The zero-order valence-corrected chi connectivity index (χ0v) is 8.81. The van der Waals surface area contributed by atoms with Crippen molar-refractivity contribution in [1.29, 1.82) is 0 Å². The molecule has 2 aromatic carbocycles. The van der Waals surface area contributed by atoms with E-state index in [4.69, 9.17) is 0 Å². The highest BCUT2D eigenvalue weighted by Gasteiger charge is 2.07. The van der Waals surface area contributed by atoms with Crippen LogP contribution in [0.15, 0.2) is 55.1 Å². The molecule has 2 aromatic rings. The Labute approximate surface area is 94.6 Å². The molecular formula is C14H12NO. The summed E-state index contributed by atoms with van der Waals surface area (Å²) < 4.78 is 0. The van der Waals surface area contributed by atoms with Crippen molar-refractivity contribution in [1.82, 2.24) is 5.32 Å². The van der Waals surface area contributed by atoms with E-state index in [9.17, 15) is 4.79 Å². The second-order valence-electron chi connectivity index (χ2n) is 3.40. The van der Waals surface area contributed by atoms with Gasteiger partial charge in [-0.25, -0.2) is 0 Å². The number of benzene rings is 2. The first kappa shape index (κ1) is 10.4. The molecule has 0 saturated carbocycles. The molecule has 0 saturated heterocycles. The molecule has 2 nitrogen and oxygen atoms in total. The summed E-state index contributed by atoms with van der Waals surface area (Å²) in [6.07, 6.45) is 1.54. The van der Waals surface area contributed by atoms with Crippen molar-refractivity contribution in [2.75, 3.05) is 0 Å². The van der Waals surface area contributed by atoms with Gasteiger partial charge in [0.25, 0.3) is 5.91 Å². The molecule has 2 heteroatoms. The van der Waals surface area contributed by atoms with Crippen LogP contribution in [-0.4, -0.2) is 5.91 Å². The van der Waals surface area contributed by atoms with Gasteiger partial charge in [0.2, 0.25) is 0 Å². The molecule has 0 atom stereocenters. The molecule has 0 fully saturated rings. The van der Waals surface area contributed by atoms with Crippen LogP contribution in [0.2, 0.25) is 0 Å². The number of hydrogen-bond donors (Lipinski definition) is 1. The van der Waals surface area contributed by atoms with Crippen LogP contribution in [0.5, 0.6) is 0 Å². The summed E-state index contributed by atoms with van der Waals surface area (Å²) in [6, 6.07) is 13.5. The fourth-order valence-electron chi connectivity index (χ4n) is 1.64. The zero-order valence-electron chi connectivity index (χ0n) is 8.81. The van der Waals surface area contributed by atoms with Crippen molar-refractivity contribution >= 4 is 16.7 Å². The average Bonchev–Trinajstić information content (AvgIpc) is 2.35. The van der Waals surface area contributed by atoms with Gasteiger partial charge >= 0.3 is 0 Å². The van der Waals surface area contributed by atoms with E-state index in [1.807, 2.05) is 42.5 Å². The first-order valence-corrected chi connectivity index (χ1v) is 5.06. The minimum atomic E-state index is -0.114. The average molecular weight is 210 g/mol. The van der Waals surface area contributed by atoms with Crippen LogP contribution in [0.1, 0.15) is 10.4 Å². The topological polar surface area (TPSA) is 29.1 Å². The van der Waals surface area contributed by atoms with Gasteiger partial charge in [0.15, 0.2) is 0 Å². The molecule has 0 aliphatic carbocycles. The normalized spacial score (nSPS) is 10.0. The smallest absolute Gasteiger partial charge is 0.252 e. The molecule has 0 unspecified atom stereocenters. The van der Waals surface area contributed by atoms with E-state index < -0.39 is 0 Å². The first-order valence-electron chi connectivity index (χ1n) is 5.06. The van der Waals surface area contributed by atoms with Gasteiger partial charge in [-0.3, -0.25) is 4.79 Å². The van der Waals surface area contributed by atoms with Crippen LogP contribution in [-0.2, 0) is 0 Å². The monoisotopic (exact) mass is 210 g/mol. The molecule has 0 bridgehead atoms. The number of carbonyl (C=O) groups is 1. The van der Waals surface area contributed by atoms with E-state index in [0.717, 1.165) is 10.8 Å². The molecule has 0 heterocycles. The zero-order chi connectivity index (χ0) is 11.4. The molecule has 0 aliphatic heterocycles. The Morgan fingerprint density at radius 1 is 1.12 bits per heavy atom. The van der Waals surface area contributed by atoms with E-state index >= 15 is 0 Å². The Morgan fingerprint density at radius 2 is 1.88 bits per heavy atom. The highest BCUT2D eigenvalue weighted by molar-refractivity contribution is 6.07. The maximum Gasteiger partial charge on any atom is 0.252 e. The summed E-state index contributed by atoms with van der Waals surface area (Å²) >= 11 is 0. The predicted octanol–water partition coefficient (Wildman–Crippen LogP) is 2.92. The van der Waals surface area contributed by atoms with Gasteiger partial charge in [0, 0.05) is 5.56 Å². The van der Waals surface area contributed by atoms with Gasteiger partial charge in [0.1, 0.15) is 0 Å². The van der Waals surface area contributed by atoms with E-state index in [1.54, 1.807) is 6.08 Å². The number of fused-ring (bicyclic) bond motifs is 1. The molecule has 79 valence electrons. The fourth-order valence-corrected chi connectivity index (χ4v) is 1.64. The van der Waals surface area contributed by atoms with Crippen molar-refractivity contribution in [3.8, 4) is 0 Å². The molecule has 1 N–H and O–H groups in total. The fraction of sp³-hybridized carbons (Fsp3) is 0. The predicted molar refractivity (Wildman–Crippen MR) is 65.9 cm³/mol. The Bertz CT molecular complexity index is 526. The van der Waals surface area contributed by atoms with Crippen molar-refractivity contribution < 1.29 is 4.79 Å². The third kappa shape index (κ3) is 1.96. The summed E-state index contributed by atoms with van der Waals surface area (Å²) in [5.74, 6) is -0.114. The lowest BCUT2D eigenvalue weighted by atomic mass is 10.0. The van der Waals surface area contributed by atoms with E-state index in [1.165, 1.54) is 6.54 Å². The van der Waals surface area contributed by atoms with Gasteiger partial charge in [0.05, 0.1) is 6.54 Å². The van der Waals surface area contributed by atoms with Gasteiger partial charge in [-0.05, 0) is 16.8 Å². The van der Waals surface area contributed by atoms with Crippen LogP contribution in [0, 0.1) is 6.54 Å². The number of amides is 1. The van der Waals surface area contributed by atoms with Crippen LogP contribution in [0.25, 0.3) is 10.8 Å². The Morgan fingerprint density at radius 3 is 2.69 bits per heavy atom. The van der Waals surface area contributed by atoms with E-state index in [-0.39, 0.29) is 5.91 Å². The molecule has 0 spiro atoms. The van der Waals surface area contributed by atoms with E-state index in [2.05, 4.69) is 11.9 Å². The van der Waals surface area contributed by atoms with E-state index in [0.29, 0.717) is 5.56 Å². The summed E-state index contributed by atoms with van der Waals surface area (Å²) in [5, 5.41) is 4.68. The molecule has 2 rings (SSSR count). The first-order chi connectivity index (χ1) is 7.83. The Kier molecular flexibility index (Phi) is 3.01. The van der Waals surface area contributed by atoms with Gasteiger partial charge in [-0.1, -0.05) is 42.5 Å². The lowest BCUT2D eigenvalue weighted by molar-refractivity contribution is 0.0967. The van der Waals surface area contributed by atoms with Crippen molar-refractivity contribution in [3.05, 3.63) is 67.2 Å². The van der Waals surface area contributed by atoms with Crippen LogP contribution in [0.4, 0.5) is 0 Å². The SMILES string of the molecule is C=C[CH]NC(=O)c1cccc2ccccc12. The Balaban J connectivity index is 2.44. The van der Waals surface area contributed by atoms with Crippen molar-refractivity contribution in [2.45, 2.75) is 0 Å². The molecule has 0 aliphatic rings. The molecular weight excluding hydrogens is 198 g/mol. The minimum Gasteiger partial charge on any atom is -0.343 e. The standard InChI is InChI=1S/C14H12NO/c1-2-10-15-14(16)13-9-5-7-11-6-3-4-8-12(11)13/h2-10H,1H2,(H,15,16). The lowest BCUT2D eigenvalue weighted by Gasteiger charge is -2.05. The second kappa shape index (κ2) is 4.62. The highest BCUT2D eigenvalue weighted by Crippen LogP contribution is 2.18. The van der Waals surface area contributed by atoms with Gasteiger partial charge < -0.3 is 5.32 Å². The molecule has 16 heavy (non-hydrogen) atoms. The number of carbonyl (C=O) groups excluding carboxylic acids is 1. The quantitative estimate of drug-likeness (QED) is 0.829. The largest absolute Gasteiger partial charge is 0.343 e. The lowest BCUT2D eigenvalue weighted by Crippen LogP contribution is -2.19. The number of rotatable bonds is 3. The summed E-state index contributed by atoms with van der Waals surface area (Å²) in [6.45, 7) is 5.05. The summed E-state index contributed by atoms with van der Waals surface area (Å²) in [4.78, 5) is 11.8. The van der Waals surface area contributed by atoms with Crippen LogP contribution in [0.3, 0.4) is 0 Å². The molecule has 0 aromatic heterocycles. The summed E-state index contributed by atoms with van der Waals surface area (Å²) in [5.41, 5.74) is 0.677. The van der Waals surface area contributed by atoms with Crippen LogP contribution < -0.4 is 5.32 Å². The Hall–Kier alpha value is -2.09. The van der Waals surface area contributed by atoms with Gasteiger partial charge in [-0.15, -0.1) is 6.58 Å².